The quantitative estimate of drug-likeness (QED) is 0.463. The van der Waals surface area contributed by atoms with Crippen LogP contribution in [0.3, 0.4) is 0 Å². The Hall–Kier alpha value is -2.04. The Balaban J connectivity index is 3.14. The molecular formula is C13H19N3O2. The van der Waals surface area contributed by atoms with E-state index in [0.29, 0.717) is 0 Å². The van der Waals surface area contributed by atoms with Crippen molar-refractivity contribution in [3.8, 4) is 0 Å². The number of hydrogen-bond donors (Lipinski definition) is 0. The van der Waals surface area contributed by atoms with E-state index in [-0.39, 0.29) is 0 Å². The molecule has 1 rings (SSSR count). The minimum atomic E-state index is -0.429. The summed E-state index contributed by atoms with van der Waals surface area (Å²) in [7, 11) is 7.89. The van der Waals surface area contributed by atoms with Gasteiger partial charge in [0.15, 0.2) is 0 Å². The van der Waals surface area contributed by atoms with Gasteiger partial charge in [0.05, 0.1) is 17.6 Å². The summed E-state index contributed by atoms with van der Waals surface area (Å²) in [5.41, 5.74) is 3.00. The van der Waals surface area contributed by atoms with Crippen molar-refractivity contribution in [3.05, 3.63) is 23.8 Å². The van der Waals surface area contributed by atoms with Crippen LogP contribution >= 0.6 is 0 Å². The molecule has 0 aliphatic carbocycles. The molecule has 0 saturated carbocycles. The van der Waals surface area contributed by atoms with Crippen LogP contribution < -0.4 is 9.80 Å². The molecule has 5 nitrogen and oxygen atoms in total. The number of oxime groups is 1. The summed E-state index contributed by atoms with van der Waals surface area (Å²) in [6.07, 6.45) is 1.55. The molecule has 5 heteroatoms. The molecule has 0 N–H and O–H groups in total. The Morgan fingerprint density at radius 1 is 1.22 bits per heavy atom. The normalized spacial score (nSPS) is 10.5. The molecule has 0 bridgehead atoms. The van der Waals surface area contributed by atoms with Gasteiger partial charge in [0.2, 0.25) is 0 Å². The second-order valence-electron chi connectivity index (χ2n) is 4.32. The number of carbonyl (C=O) groups is 1. The minimum absolute atomic E-state index is 0.429. The van der Waals surface area contributed by atoms with E-state index in [2.05, 4.69) is 9.99 Å². The lowest BCUT2D eigenvalue weighted by Crippen LogP contribution is -2.18. The third-order valence-corrected chi connectivity index (χ3v) is 2.35. The van der Waals surface area contributed by atoms with Gasteiger partial charge in [0.25, 0.3) is 0 Å². The zero-order valence-electron chi connectivity index (χ0n) is 11.5. The molecule has 0 spiro atoms. The Labute approximate surface area is 108 Å². The summed E-state index contributed by atoms with van der Waals surface area (Å²) < 4.78 is 0. The van der Waals surface area contributed by atoms with Crippen molar-refractivity contribution in [3.63, 3.8) is 0 Å². The maximum Gasteiger partial charge on any atom is 0.331 e. The lowest BCUT2D eigenvalue weighted by Gasteiger charge is -2.24. The van der Waals surface area contributed by atoms with Gasteiger partial charge in [-0.05, 0) is 6.07 Å². The molecule has 0 heterocycles. The standard InChI is InChI=1S/C13H19N3O2/c1-10(17)18-14-9-11-7-6-8-12(15(2)3)13(11)16(4)5/h6-9H,1-5H3. The summed E-state index contributed by atoms with van der Waals surface area (Å²) in [5, 5.41) is 3.66. The highest BCUT2D eigenvalue weighted by molar-refractivity contribution is 5.93. The first-order valence-corrected chi connectivity index (χ1v) is 5.62. The van der Waals surface area contributed by atoms with Gasteiger partial charge in [-0.15, -0.1) is 0 Å². The van der Waals surface area contributed by atoms with E-state index >= 15 is 0 Å². The second-order valence-corrected chi connectivity index (χ2v) is 4.32. The van der Waals surface area contributed by atoms with E-state index < -0.39 is 5.97 Å². The lowest BCUT2D eigenvalue weighted by atomic mass is 10.1. The van der Waals surface area contributed by atoms with Crippen LogP contribution in [0, 0.1) is 0 Å². The highest BCUT2D eigenvalue weighted by Gasteiger charge is 2.10. The fraction of sp³-hybridized carbons (Fsp3) is 0.385. The molecular weight excluding hydrogens is 230 g/mol. The maximum absolute atomic E-state index is 10.7. The van der Waals surface area contributed by atoms with Crippen LogP contribution in [0.2, 0.25) is 0 Å². The smallest absolute Gasteiger partial charge is 0.331 e. The fourth-order valence-corrected chi connectivity index (χ4v) is 1.66. The number of hydrogen-bond acceptors (Lipinski definition) is 5. The molecule has 0 aliphatic rings. The van der Waals surface area contributed by atoms with E-state index in [1.807, 2.05) is 56.2 Å². The van der Waals surface area contributed by atoms with Crippen LogP contribution in [0.15, 0.2) is 23.4 Å². The van der Waals surface area contributed by atoms with E-state index in [1.165, 1.54) is 6.92 Å². The lowest BCUT2D eigenvalue weighted by molar-refractivity contribution is -0.140. The van der Waals surface area contributed by atoms with Crippen LogP contribution in [0.4, 0.5) is 11.4 Å². The first kappa shape index (κ1) is 14.0. The molecule has 0 saturated heterocycles. The topological polar surface area (TPSA) is 45.1 Å². The van der Waals surface area contributed by atoms with Gasteiger partial charge in [-0.1, -0.05) is 17.3 Å². The highest BCUT2D eigenvalue weighted by atomic mass is 16.7. The summed E-state index contributed by atoms with van der Waals surface area (Å²) >= 11 is 0. The minimum Gasteiger partial charge on any atom is -0.376 e. The van der Waals surface area contributed by atoms with Crippen molar-refractivity contribution < 1.29 is 9.63 Å². The van der Waals surface area contributed by atoms with E-state index in [9.17, 15) is 4.79 Å². The van der Waals surface area contributed by atoms with Gasteiger partial charge in [-0.3, -0.25) is 0 Å². The predicted octanol–water partition coefficient (Wildman–Crippen LogP) is 1.72. The molecule has 0 aromatic heterocycles. The Kier molecular flexibility index (Phi) is 4.71. The molecule has 0 aliphatic heterocycles. The summed E-state index contributed by atoms with van der Waals surface area (Å²) in [6.45, 7) is 1.32. The monoisotopic (exact) mass is 249 g/mol. The van der Waals surface area contributed by atoms with Crippen molar-refractivity contribution in [1.82, 2.24) is 0 Å². The largest absolute Gasteiger partial charge is 0.376 e. The van der Waals surface area contributed by atoms with Crippen molar-refractivity contribution >= 4 is 23.6 Å². The SMILES string of the molecule is CC(=O)ON=Cc1cccc(N(C)C)c1N(C)C. The predicted molar refractivity (Wildman–Crippen MR) is 74.5 cm³/mol. The average Bonchev–Trinajstić information content (AvgIpc) is 2.27. The third-order valence-electron chi connectivity index (χ3n) is 2.35. The molecule has 0 atom stereocenters. The number of benzene rings is 1. The summed E-state index contributed by atoms with van der Waals surface area (Å²) in [5.74, 6) is -0.429. The number of carbonyl (C=O) groups excluding carboxylic acids is 1. The van der Waals surface area contributed by atoms with Gasteiger partial charge in [-0.25, -0.2) is 4.79 Å². The van der Waals surface area contributed by atoms with Crippen molar-refractivity contribution in [2.75, 3.05) is 38.0 Å². The molecule has 1 aromatic carbocycles. The highest BCUT2D eigenvalue weighted by Crippen LogP contribution is 2.29. The zero-order valence-corrected chi connectivity index (χ0v) is 11.5. The van der Waals surface area contributed by atoms with Gasteiger partial charge >= 0.3 is 5.97 Å². The maximum atomic E-state index is 10.7. The number of rotatable bonds is 4. The number of anilines is 2. The van der Waals surface area contributed by atoms with Crippen molar-refractivity contribution in [2.45, 2.75) is 6.92 Å². The first-order chi connectivity index (χ1) is 8.43. The Bertz CT molecular complexity index is 454. The van der Waals surface area contributed by atoms with Crippen molar-refractivity contribution in [2.24, 2.45) is 5.16 Å². The zero-order chi connectivity index (χ0) is 13.7. The molecule has 98 valence electrons. The van der Waals surface area contributed by atoms with Gasteiger partial charge in [0, 0.05) is 40.7 Å². The van der Waals surface area contributed by atoms with Gasteiger partial charge in [0.1, 0.15) is 0 Å². The van der Waals surface area contributed by atoms with Gasteiger partial charge in [-0.2, -0.15) is 0 Å². The number of nitrogens with zero attached hydrogens (tertiary/aromatic N) is 3. The third kappa shape index (κ3) is 3.48. The second kappa shape index (κ2) is 6.05. The molecule has 18 heavy (non-hydrogen) atoms. The van der Waals surface area contributed by atoms with E-state index in [1.54, 1.807) is 6.21 Å². The van der Waals surface area contributed by atoms with Crippen LogP contribution in [0.25, 0.3) is 0 Å². The molecule has 0 unspecified atom stereocenters. The Morgan fingerprint density at radius 2 is 1.89 bits per heavy atom. The fourth-order valence-electron chi connectivity index (χ4n) is 1.66. The van der Waals surface area contributed by atoms with Crippen LogP contribution in [-0.4, -0.2) is 40.4 Å². The molecule has 1 aromatic rings. The van der Waals surface area contributed by atoms with Gasteiger partial charge < -0.3 is 14.6 Å². The van der Waals surface area contributed by atoms with E-state index in [4.69, 9.17) is 0 Å². The van der Waals surface area contributed by atoms with Crippen molar-refractivity contribution in [1.29, 1.82) is 0 Å². The van der Waals surface area contributed by atoms with E-state index in [0.717, 1.165) is 16.9 Å². The molecule has 0 amide bonds. The van der Waals surface area contributed by atoms with Crippen LogP contribution in [0.5, 0.6) is 0 Å². The van der Waals surface area contributed by atoms with Crippen LogP contribution in [-0.2, 0) is 9.63 Å². The average molecular weight is 249 g/mol. The Morgan fingerprint density at radius 3 is 2.39 bits per heavy atom. The summed E-state index contributed by atoms with van der Waals surface area (Å²) in [6, 6.07) is 5.89. The van der Waals surface area contributed by atoms with Crippen LogP contribution in [0.1, 0.15) is 12.5 Å². The molecule has 0 radical (unpaired) electrons. The first-order valence-electron chi connectivity index (χ1n) is 5.62. The molecule has 0 fully saturated rings. The number of para-hydroxylation sites is 1. The summed E-state index contributed by atoms with van der Waals surface area (Å²) in [4.78, 5) is 19.3.